The van der Waals surface area contributed by atoms with Crippen LogP contribution >= 0.6 is 0 Å². The molecule has 9 heteroatoms. The topological polar surface area (TPSA) is 119 Å². The standard InChI is InChI=1S/C22H15N3O6/c26-19(13-31-16-11-9-15(10-12-16)25(29)30)23-18-8-4-7-17-20(18)22(28)24(21(17)27)14-5-2-1-3-6-14/h1-12H,13H2,(H,23,26). The first kappa shape index (κ1) is 19.8. The van der Waals surface area contributed by atoms with Gasteiger partial charge in [0.2, 0.25) is 0 Å². The van der Waals surface area contributed by atoms with E-state index in [2.05, 4.69) is 5.32 Å². The molecule has 1 aliphatic heterocycles. The molecule has 0 fully saturated rings. The van der Waals surface area contributed by atoms with Crippen molar-refractivity contribution < 1.29 is 24.0 Å². The minimum Gasteiger partial charge on any atom is -0.484 e. The van der Waals surface area contributed by atoms with Gasteiger partial charge in [-0.15, -0.1) is 0 Å². The molecule has 0 unspecified atom stereocenters. The van der Waals surface area contributed by atoms with Crippen LogP contribution in [0.15, 0.2) is 72.8 Å². The van der Waals surface area contributed by atoms with Gasteiger partial charge in [-0.25, -0.2) is 4.90 Å². The highest BCUT2D eigenvalue weighted by Crippen LogP contribution is 2.32. The second-order valence-electron chi connectivity index (χ2n) is 6.60. The van der Waals surface area contributed by atoms with Gasteiger partial charge in [0, 0.05) is 12.1 Å². The predicted octanol–water partition coefficient (Wildman–Crippen LogP) is 3.41. The van der Waals surface area contributed by atoms with Crippen molar-refractivity contribution in [3.05, 3.63) is 94.0 Å². The molecule has 3 amide bonds. The van der Waals surface area contributed by atoms with E-state index in [1.165, 1.54) is 36.4 Å². The number of para-hydroxylation sites is 1. The minimum absolute atomic E-state index is 0.0946. The van der Waals surface area contributed by atoms with Crippen molar-refractivity contribution in [3.8, 4) is 5.75 Å². The van der Waals surface area contributed by atoms with E-state index in [4.69, 9.17) is 4.74 Å². The monoisotopic (exact) mass is 417 g/mol. The van der Waals surface area contributed by atoms with E-state index in [-0.39, 0.29) is 34.9 Å². The summed E-state index contributed by atoms with van der Waals surface area (Å²) in [5.74, 6) is -1.27. The number of hydrogen-bond acceptors (Lipinski definition) is 6. The Morgan fingerprint density at radius 1 is 0.935 bits per heavy atom. The lowest BCUT2D eigenvalue weighted by Gasteiger charge is -2.13. The Balaban J connectivity index is 1.49. The number of amides is 3. The number of anilines is 2. The van der Waals surface area contributed by atoms with Gasteiger partial charge in [0.1, 0.15) is 5.75 Å². The molecule has 0 spiro atoms. The molecule has 1 N–H and O–H groups in total. The zero-order valence-corrected chi connectivity index (χ0v) is 16.0. The molecule has 0 atom stereocenters. The van der Waals surface area contributed by atoms with Gasteiger partial charge < -0.3 is 10.1 Å². The number of fused-ring (bicyclic) bond motifs is 1. The predicted molar refractivity (Wildman–Crippen MR) is 111 cm³/mol. The Labute approximate surface area is 176 Å². The Bertz CT molecular complexity index is 1190. The number of imide groups is 1. The van der Waals surface area contributed by atoms with Crippen LogP contribution in [0.2, 0.25) is 0 Å². The van der Waals surface area contributed by atoms with Crippen molar-refractivity contribution in [1.29, 1.82) is 0 Å². The number of hydrogen-bond donors (Lipinski definition) is 1. The van der Waals surface area contributed by atoms with Crippen molar-refractivity contribution in [2.75, 3.05) is 16.8 Å². The normalized spacial score (nSPS) is 12.5. The molecular weight excluding hydrogens is 402 g/mol. The number of rotatable bonds is 6. The number of nitro groups is 1. The molecule has 0 aliphatic carbocycles. The average Bonchev–Trinajstić information content (AvgIpc) is 3.04. The maximum Gasteiger partial charge on any atom is 0.269 e. The van der Waals surface area contributed by atoms with Crippen LogP contribution in [-0.4, -0.2) is 29.3 Å². The smallest absolute Gasteiger partial charge is 0.269 e. The number of nitrogens with one attached hydrogen (secondary N) is 1. The first-order valence-corrected chi connectivity index (χ1v) is 9.19. The average molecular weight is 417 g/mol. The Morgan fingerprint density at radius 3 is 2.32 bits per heavy atom. The summed E-state index contributed by atoms with van der Waals surface area (Å²) < 4.78 is 5.34. The summed E-state index contributed by atoms with van der Waals surface area (Å²) in [6.45, 7) is -0.383. The number of carbonyl (C=O) groups excluding carboxylic acids is 3. The van der Waals surface area contributed by atoms with Crippen molar-refractivity contribution >= 4 is 34.8 Å². The van der Waals surface area contributed by atoms with E-state index in [0.29, 0.717) is 5.69 Å². The van der Waals surface area contributed by atoms with Gasteiger partial charge in [0.15, 0.2) is 6.61 Å². The summed E-state index contributed by atoms with van der Waals surface area (Å²) in [5.41, 5.74) is 0.852. The van der Waals surface area contributed by atoms with Gasteiger partial charge in [-0.3, -0.25) is 24.5 Å². The number of nitro benzene ring substituents is 1. The first-order valence-electron chi connectivity index (χ1n) is 9.19. The third kappa shape index (κ3) is 3.84. The van der Waals surface area contributed by atoms with Gasteiger partial charge in [-0.2, -0.15) is 0 Å². The van der Waals surface area contributed by atoms with Gasteiger partial charge in [-0.05, 0) is 36.4 Å². The highest BCUT2D eigenvalue weighted by molar-refractivity contribution is 6.36. The van der Waals surface area contributed by atoms with Gasteiger partial charge in [-0.1, -0.05) is 24.3 Å². The molecule has 0 aromatic heterocycles. The second-order valence-corrected chi connectivity index (χ2v) is 6.60. The zero-order valence-electron chi connectivity index (χ0n) is 16.0. The quantitative estimate of drug-likeness (QED) is 0.373. The second kappa shape index (κ2) is 8.07. The third-order valence-electron chi connectivity index (χ3n) is 4.62. The van der Waals surface area contributed by atoms with Crippen molar-refractivity contribution in [1.82, 2.24) is 0 Å². The van der Waals surface area contributed by atoms with E-state index in [1.54, 1.807) is 36.4 Å². The lowest BCUT2D eigenvalue weighted by Crippen LogP contribution is -2.29. The fourth-order valence-electron chi connectivity index (χ4n) is 3.20. The Kier molecular flexibility index (Phi) is 5.15. The molecule has 154 valence electrons. The van der Waals surface area contributed by atoms with Crippen molar-refractivity contribution in [2.45, 2.75) is 0 Å². The summed E-state index contributed by atoms with van der Waals surface area (Å²) in [6, 6.07) is 18.4. The molecule has 0 radical (unpaired) electrons. The van der Waals surface area contributed by atoms with Crippen LogP contribution in [0.25, 0.3) is 0 Å². The van der Waals surface area contributed by atoms with Crippen LogP contribution in [0, 0.1) is 10.1 Å². The highest BCUT2D eigenvalue weighted by atomic mass is 16.6. The molecule has 1 aliphatic rings. The molecule has 0 saturated carbocycles. The van der Waals surface area contributed by atoms with Crippen molar-refractivity contribution in [3.63, 3.8) is 0 Å². The van der Waals surface area contributed by atoms with E-state index < -0.39 is 22.6 Å². The van der Waals surface area contributed by atoms with Crippen molar-refractivity contribution in [2.24, 2.45) is 0 Å². The van der Waals surface area contributed by atoms with Gasteiger partial charge in [0.25, 0.3) is 23.4 Å². The number of non-ortho nitro benzene ring substituents is 1. The third-order valence-corrected chi connectivity index (χ3v) is 4.62. The molecule has 1 heterocycles. The largest absolute Gasteiger partial charge is 0.484 e. The Morgan fingerprint density at radius 2 is 1.65 bits per heavy atom. The highest BCUT2D eigenvalue weighted by Gasteiger charge is 2.38. The molecule has 0 bridgehead atoms. The lowest BCUT2D eigenvalue weighted by atomic mass is 10.1. The molecular formula is C22H15N3O6. The van der Waals surface area contributed by atoms with Gasteiger partial charge >= 0.3 is 0 Å². The summed E-state index contributed by atoms with van der Waals surface area (Å²) in [6.07, 6.45) is 0. The number of nitrogens with zero attached hydrogens (tertiary/aromatic N) is 2. The number of benzene rings is 3. The van der Waals surface area contributed by atoms with Crippen LogP contribution < -0.4 is 15.0 Å². The first-order chi connectivity index (χ1) is 15.0. The van der Waals surface area contributed by atoms with Crippen LogP contribution in [0.5, 0.6) is 5.75 Å². The zero-order chi connectivity index (χ0) is 22.0. The number of ether oxygens (including phenoxy) is 1. The van der Waals surface area contributed by atoms with Gasteiger partial charge in [0.05, 0.1) is 27.4 Å². The maximum absolute atomic E-state index is 12.9. The van der Waals surface area contributed by atoms with E-state index in [1.807, 2.05) is 0 Å². The fraction of sp³-hybridized carbons (Fsp3) is 0.0455. The van der Waals surface area contributed by atoms with Crippen LogP contribution in [0.1, 0.15) is 20.7 Å². The van der Waals surface area contributed by atoms with Crippen LogP contribution in [0.3, 0.4) is 0 Å². The van der Waals surface area contributed by atoms with E-state index in [9.17, 15) is 24.5 Å². The minimum atomic E-state index is -0.551. The molecule has 3 aromatic carbocycles. The molecule has 9 nitrogen and oxygen atoms in total. The Hall–Kier alpha value is -4.53. The summed E-state index contributed by atoms with van der Waals surface area (Å²) in [4.78, 5) is 49.3. The summed E-state index contributed by atoms with van der Waals surface area (Å²) in [5, 5.41) is 13.3. The van der Waals surface area contributed by atoms with E-state index >= 15 is 0 Å². The number of carbonyl (C=O) groups is 3. The van der Waals surface area contributed by atoms with Crippen LogP contribution in [0.4, 0.5) is 17.1 Å². The summed E-state index contributed by atoms with van der Waals surface area (Å²) in [7, 11) is 0. The maximum atomic E-state index is 12.9. The molecule has 4 rings (SSSR count). The lowest BCUT2D eigenvalue weighted by molar-refractivity contribution is -0.384. The molecule has 31 heavy (non-hydrogen) atoms. The summed E-state index contributed by atoms with van der Waals surface area (Å²) >= 11 is 0. The molecule has 3 aromatic rings. The fourth-order valence-corrected chi connectivity index (χ4v) is 3.20. The van der Waals surface area contributed by atoms with E-state index in [0.717, 1.165) is 4.90 Å². The van der Waals surface area contributed by atoms with Crippen LogP contribution in [-0.2, 0) is 4.79 Å². The molecule has 0 saturated heterocycles. The SMILES string of the molecule is O=C(COc1ccc([N+](=O)[O-])cc1)Nc1cccc2c1C(=O)N(c1ccccc1)C2=O.